The van der Waals surface area contributed by atoms with Crippen LogP contribution in [-0.4, -0.2) is 43.4 Å². The van der Waals surface area contributed by atoms with Crippen LogP contribution in [0, 0.1) is 6.42 Å². The van der Waals surface area contributed by atoms with E-state index in [1.807, 2.05) is 6.42 Å². The molecule has 0 aliphatic heterocycles. The second-order valence-corrected chi connectivity index (χ2v) is 3.51. The summed E-state index contributed by atoms with van der Waals surface area (Å²) < 4.78 is 0. The summed E-state index contributed by atoms with van der Waals surface area (Å²) in [6, 6.07) is 0. The Hall–Kier alpha value is -0.650. The molecule has 0 saturated heterocycles. The van der Waals surface area contributed by atoms with E-state index in [9.17, 15) is 9.90 Å². The zero-order valence-corrected chi connectivity index (χ0v) is 8.85. The molecule has 1 rings (SSSR count). The molecule has 1 aliphatic carbocycles. The Labute approximate surface area is 84.3 Å². The van der Waals surface area contributed by atoms with Crippen molar-refractivity contribution < 1.29 is 9.90 Å². The summed E-state index contributed by atoms with van der Waals surface area (Å²) in [7, 11) is 5.19. The summed E-state index contributed by atoms with van der Waals surface area (Å²) in [5.41, 5.74) is -1.63. The lowest BCUT2D eigenvalue weighted by atomic mass is 9.87. The van der Waals surface area contributed by atoms with E-state index < -0.39 is 17.2 Å². The van der Waals surface area contributed by atoms with Gasteiger partial charge in [-0.2, -0.15) is 0 Å². The first kappa shape index (κ1) is 11.4. The molecule has 81 valence electrons. The molecule has 1 unspecified atom stereocenters. The predicted molar refractivity (Wildman–Crippen MR) is 53.8 cm³/mol. The van der Waals surface area contributed by atoms with Gasteiger partial charge in [-0.15, -0.1) is 0 Å². The first-order valence-electron chi connectivity index (χ1n) is 4.73. The lowest BCUT2D eigenvalue weighted by molar-refractivity contribution is -0.147. The fourth-order valence-electron chi connectivity index (χ4n) is 2.34. The average Bonchev–Trinajstić information content (AvgIpc) is 2.57. The van der Waals surface area contributed by atoms with Crippen LogP contribution in [0.25, 0.3) is 0 Å². The number of carboxylic acid groups (broad SMARTS) is 1. The molecular formula is C9H18N3O2. The molecule has 5 heteroatoms. The summed E-state index contributed by atoms with van der Waals surface area (Å²) in [5, 5.41) is 18.3. The second kappa shape index (κ2) is 3.84. The third-order valence-electron chi connectivity index (χ3n) is 3.22. The number of hydrogen-bond acceptors (Lipinski definition) is 4. The third-order valence-corrected chi connectivity index (χ3v) is 3.22. The van der Waals surface area contributed by atoms with Crippen molar-refractivity contribution in [1.82, 2.24) is 16.0 Å². The van der Waals surface area contributed by atoms with Gasteiger partial charge >= 0.3 is 5.97 Å². The normalized spacial score (nSPS) is 30.5. The number of hydrogen-bond donors (Lipinski definition) is 4. The van der Waals surface area contributed by atoms with Crippen molar-refractivity contribution in [1.29, 1.82) is 0 Å². The molecule has 0 aromatic rings. The first-order chi connectivity index (χ1) is 6.58. The molecule has 1 radical (unpaired) electrons. The van der Waals surface area contributed by atoms with E-state index in [0.29, 0.717) is 6.42 Å². The minimum absolute atomic E-state index is 0.584. The SMILES string of the molecule is CNC1(NC)[CH]CCC1(NC)C(=O)O. The number of likely N-dealkylation sites (N-methyl/N-ethyl adjacent to an activating group) is 3. The molecule has 1 saturated carbocycles. The van der Waals surface area contributed by atoms with Gasteiger partial charge in [-0.05, 0) is 40.4 Å². The minimum atomic E-state index is -0.962. The maximum absolute atomic E-state index is 11.3. The van der Waals surface area contributed by atoms with Crippen molar-refractivity contribution in [3.05, 3.63) is 6.42 Å². The molecular weight excluding hydrogens is 182 g/mol. The van der Waals surface area contributed by atoms with E-state index in [-0.39, 0.29) is 0 Å². The van der Waals surface area contributed by atoms with Crippen LogP contribution in [0.3, 0.4) is 0 Å². The van der Waals surface area contributed by atoms with E-state index in [1.165, 1.54) is 0 Å². The van der Waals surface area contributed by atoms with Crippen molar-refractivity contribution in [2.24, 2.45) is 0 Å². The zero-order valence-electron chi connectivity index (χ0n) is 8.85. The summed E-state index contributed by atoms with van der Waals surface area (Å²) >= 11 is 0. The Bertz CT molecular complexity index is 228. The molecule has 0 amide bonds. The van der Waals surface area contributed by atoms with Gasteiger partial charge in [0.2, 0.25) is 0 Å². The van der Waals surface area contributed by atoms with Gasteiger partial charge in [0.15, 0.2) is 0 Å². The van der Waals surface area contributed by atoms with Crippen molar-refractivity contribution in [2.75, 3.05) is 21.1 Å². The average molecular weight is 200 g/mol. The number of carboxylic acids is 1. The van der Waals surface area contributed by atoms with Gasteiger partial charge in [0.1, 0.15) is 11.2 Å². The summed E-state index contributed by atoms with van der Waals surface area (Å²) in [5.74, 6) is -0.836. The summed E-state index contributed by atoms with van der Waals surface area (Å²) in [6.45, 7) is 0. The van der Waals surface area contributed by atoms with Crippen LogP contribution in [0.1, 0.15) is 12.8 Å². The maximum atomic E-state index is 11.3. The molecule has 0 heterocycles. The van der Waals surface area contributed by atoms with Gasteiger partial charge in [-0.25, -0.2) is 0 Å². The van der Waals surface area contributed by atoms with E-state index in [0.717, 1.165) is 6.42 Å². The topological polar surface area (TPSA) is 73.4 Å². The largest absolute Gasteiger partial charge is 0.480 e. The fourth-order valence-corrected chi connectivity index (χ4v) is 2.34. The van der Waals surface area contributed by atoms with Gasteiger partial charge in [0, 0.05) is 0 Å². The van der Waals surface area contributed by atoms with Crippen molar-refractivity contribution in [3.63, 3.8) is 0 Å². The number of carbonyl (C=O) groups is 1. The molecule has 4 N–H and O–H groups in total. The van der Waals surface area contributed by atoms with E-state index in [2.05, 4.69) is 16.0 Å². The Morgan fingerprint density at radius 1 is 1.29 bits per heavy atom. The zero-order chi connectivity index (χ0) is 10.8. The fraction of sp³-hybridized carbons (Fsp3) is 0.778. The van der Waals surface area contributed by atoms with Crippen molar-refractivity contribution >= 4 is 5.97 Å². The van der Waals surface area contributed by atoms with E-state index in [4.69, 9.17) is 0 Å². The van der Waals surface area contributed by atoms with Gasteiger partial charge in [0.05, 0.1) is 0 Å². The van der Waals surface area contributed by atoms with Crippen LogP contribution < -0.4 is 16.0 Å². The molecule has 1 atom stereocenters. The first-order valence-corrected chi connectivity index (χ1v) is 4.73. The predicted octanol–water partition coefficient (Wildman–Crippen LogP) is -0.838. The van der Waals surface area contributed by atoms with E-state index in [1.54, 1.807) is 21.1 Å². The second-order valence-electron chi connectivity index (χ2n) is 3.51. The van der Waals surface area contributed by atoms with Gasteiger partial charge < -0.3 is 21.1 Å². The molecule has 0 aromatic heterocycles. The molecule has 14 heavy (non-hydrogen) atoms. The Morgan fingerprint density at radius 2 is 1.86 bits per heavy atom. The molecule has 0 aromatic carbocycles. The van der Waals surface area contributed by atoms with E-state index >= 15 is 0 Å². The van der Waals surface area contributed by atoms with Crippen LogP contribution in [0.15, 0.2) is 0 Å². The quantitative estimate of drug-likeness (QED) is 0.445. The number of nitrogens with one attached hydrogen (secondary N) is 3. The molecule has 1 fully saturated rings. The molecule has 1 aliphatic rings. The summed E-state index contributed by atoms with van der Waals surface area (Å²) in [4.78, 5) is 11.3. The van der Waals surface area contributed by atoms with Crippen molar-refractivity contribution in [2.45, 2.75) is 24.0 Å². The highest BCUT2D eigenvalue weighted by molar-refractivity contribution is 5.82. The highest BCUT2D eigenvalue weighted by Gasteiger charge is 2.58. The van der Waals surface area contributed by atoms with Crippen molar-refractivity contribution in [3.8, 4) is 0 Å². The lowest BCUT2D eigenvalue weighted by Crippen LogP contribution is -2.74. The van der Waals surface area contributed by atoms with Crippen LogP contribution in [0.4, 0.5) is 0 Å². The smallest absolute Gasteiger partial charge is 0.327 e. The van der Waals surface area contributed by atoms with Gasteiger partial charge in [-0.3, -0.25) is 4.79 Å². The summed E-state index contributed by atoms with van der Waals surface area (Å²) in [6.07, 6.45) is 3.33. The standard InChI is InChI=1S/C9H18N3O2/c1-10-8(7(13)14)5-4-6-9(8,11-2)12-3/h6,10-12H,4-5H2,1-3H3,(H,13,14). The lowest BCUT2D eigenvalue weighted by Gasteiger charge is -2.42. The number of aliphatic carboxylic acids is 1. The minimum Gasteiger partial charge on any atom is -0.480 e. The molecule has 5 nitrogen and oxygen atoms in total. The van der Waals surface area contributed by atoms with Crippen LogP contribution in [0.5, 0.6) is 0 Å². The van der Waals surface area contributed by atoms with Gasteiger partial charge in [-0.1, -0.05) is 0 Å². The Morgan fingerprint density at radius 3 is 2.14 bits per heavy atom. The Balaban J connectivity index is 3.10. The van der Waals surface area contributed by atoms with Crippen LogP contribution in [-0.2, 0) is 4.79 Å². The van der Waals surface area contributed by atoms with Crippen LogP contribution >= 0.6 is 0 Å². The third kappa shape index (κ3) is 1.24. The molecule has 0 spiro atoms. The van der Waals surface area contributed by atoms with Gasteiger partial charge in [0.25, 0.3) is 0 Å². The van der Waals surface area contributed by atoms with Crippen LogP contribution in [0.2, 0.25) is 0 Å². The Kier molecular flexibility index (Phi) is 3.14. The monoisotopic (exact) mass is 200 g/mol. The maximum Gasteiger partial charge on any atom is 0.327 e. The highest BCUT2D eigenvalue weighted by Crippen LogP contribution is 2.36. The molecule has 0 bridgehead atoms. The number of rotatable bonds is 4. The highest BCUT2D eigenvalue weighted by atomic mass is 16.4.